The highest BCUT2D eigenvalue weighted by atomic mass is 16.3. The van der Waals surface area contributed by atoms with Crippen LogP contribution >= 0.6 is 0 Å². The second-order valence-electron chi connectivity index (χ2n) is 10.0. The van der Waals surface area contributed by atoms with E-state index in [1.807, 2.05) is 42.8 Å². The third-order valence-electron chi connectivity index (χ3n) is 6.92. The Kier molecular flexibility index (Phi) is 6.30. The highest BCUT2D eigenvalue weighted by Gasteiger charge is 2.21. The van der Waals surface area contributed by atoms with Gasteiger partial charge >= 0.3 is 0 Å². The van der Waals surface area contributed by atoms with E-state index in [-0.39, 0.29) is 11.9 Å². The van der Waals surface area contributed by atoms with Gasteiger partial charge in [-0.05, 0) is 77.6 Å². The summed E-state index contributed by atoms with van der Waals surface area (Å²) in [6.45, 7) is 14.2. The quantitative estimate of drug-likeness (QED) is 0.418. The number of furan rings is 1. The maximum Gasteiger partial charge on any atom is 0.256 e. The molecule has 0 aliphatic carbocycles. The average Bonchev–Trinajstić information content (AvgIpc) is 3.41. The Morgan fingerprint density at radius 2 is 1.81 bits per heavy atom. The van der Waals surface area contributed by atoms with Gasteiger partial charge in [0.15, 0.2) is 5.65 Å². The fourth-order valence-electron chi connectivity index (χ4n) is 4.94. The van der Waals surface area contributed by atoms with Crippen molar-refractivity contribution in [1.82, 2.24) is 19.7 Å². The number of carbonyl (C=O) groups is 1. The molecule has 1 N–H and O–H groups in total. The van der Waals surface area contributed by atoms with Gasteiger partial charge in [-0.15, -0.1) is 0 Å². The number of nitrogens with one attached hydrogen (secondary N) is 1. The van der Waals surface area contributed by atoms with Crippen LogP contribution in [0.1, 0.15) is 47.3 Å². The van der Waals surface area contributed by atoms with Crippen LogP contribution in [0.3, 0.4) is 0 Å². The number of hydrogen-bond donors (Lipinski definition) is 1. The molecule has 1 saturated heterocycles. The summed E-state index contributed by atoms with van der Waals surface area (Å²) < 4.78 is 7.60. The third kappa shape index (κ3) is 4.48. The molecule has 188 valence electrons. The van der Waals surface area contributed by atoms with Crippen molar-refractivity contribution in [2.24, 2.45) is 0 Å². The Morgan fingerprint density at radius 1 is 1.06 bits per heavy atom. The zero-order valence-corrected chi connectivity index (χ0v) is 21.9. The smallest absolute Gasteiger partial charge is 0.256 e. The molecule has 3 aromatic heterocycles. The van der Waals surface area contributed by atoms with Crippen LogP contribution in [0, 0.1) is 20.8 Å². The zero-order chi connectivity index (χ0) is 25.6. The molecule has 0 radical (unpaired) electrons. The summed E-state index contributed by atoms with van der Waals surface area (Å²) in [5, 5.41) is 8.37. The molecular formula is C28H34N6O2. The van der Waals surface area contributed by atoms with E-state index in [1.54, 1.807) is 6.20 Å². The molecule has 36 heavy (non-hydrogen) atoms. The van der Waals surface area contributed by atoms with E-state index in [9.17, 15) is 4.79 Å². The lowest BCUT2D eigenvalue weighted by molar-refractivity contribution is 0.102. The monoisotopic (exact) mass is 486 g/mol. The topological polar surface area (TPSA) is 79.4 Å². The number of piperazine rings is 1. The Labute approximate surface area is 211 Å². The summed E-state index contributed by atoms with van der Waals surface area (Å²) in [5.74, 6) is 1.40. The summed E-state index contributed by atoms with van der Waals surface area (Å²) >= 11 is 0. The fraction of sp³-hybridized carbons (Fsp3) is 0.393. The van der Waals surface area contributed by atoms with Crippen LogP contribution < -0.4 is 10.2 Å². The lowest BCUT2D eigenvalue weighted by Gasteiger charge is -2.35. The number of anilines is 2. The van der Waals surface area contributed by atoms with E-state index < -0.39 is 0 Å². The molecule has 1 fully saturated rings. The molecule has 4 aromatic rings. The highest BCUT2D eigenvalue weighted by Crippen LogP contribution is 2.31. The molecule has 0 unspecified atom stereocenters. The second kappa shape index (κ2) is 9.43. The Bertz CT molecular complexity index is 1430. The van der Waals surface area contributed by atoms with E-state index >= 15 is 0 Å². The van der Waals surface area contributed by atoms with Gasteiger partial charge < -0.3 is 19.5 Å². The van der Waals surface area contributed by atoms with Crippen molar-refractivity contribution in [2.45, 2.75) is 40.7 Å². The van der Waals surface area contributed by atoms with Gasteiger partial charge in [0, 0.05) is 49.2 Å². The molecule has 1 aliphatic heterocycles. The molecule has 1 aromatic carbocycles. The molecule has 0 spiro atoms. The maximum absolute atomic E-state index is 13.6. The Morgan fingerprint density at radius 3 is 2.44 bits per heavy atom. The van der Waals surface area contributed by atoms with Crippen LogP contribution in [0.4, 0.5) is 11.4 Å². The molecular weight excluding hydrogens is 452 g/mol. The SMILES string of the molecule is Cc1cc(-c2cc(C(=O)Nc3ccc(N4CCN(C)CC4)c(C)c3)c3cnn(C(C)C)c3n2)c(C)o1. The number of hydrogen-bond acceptors (Lipinski definition) is 6. The molecule has 8 nitrogen and oxygen atoms in total. The predicted molar refractivity (Wildman–Crippen MR) is 144 cm³/mol. The number of aromatic nitrogens is 3. The summed E-state index contributed by atoms with van der Waals surface area (Å²) in [6, 6.07) is 10.1. The molecule has 8 heteroatoms. The first kappa shape index (κ1) is 24.1. The van der Waals surface area contributed by atoms with Crippen molar-refractivity contribution in [3.8, 4) is 11.3 Å². The minimum atomic E-state index is -0.184. The zero-order valence-electron chi connectivity index (χ0n) is 21.9. The van der Waals surface area contributed by atoms with Crippen LogP contribution in [0.15, 0.2) is 40.9 Å². The molecule has 4 heterocycles. The largest absolute Gasteiger partial charge is 0.466 e. The summed E-state index contributed by atoms with van der Waals surface area (Å²) in [7, 11) is 2.16. The molecule has 0 atom stereocenters. The third-order valence-corrected chi connectivity index (χ3v) is 6.92. The fourth-order valence-corrected chi connectivity index (χ4v) is 4.94. The number of fused-ring (bicyclic) bond motifs is 1. The van der Waals surface area contributed by atoms with Gasteiger partial charge in [0.1, 0.15) is 11.5 Å². The molecule has 0 bridgehead atoms. The van der Waals surface area contributed by atoms with Crippen LogP contribution in [0.25, 0.3) is 22.3 Å². The van der Waals surface area contributed by atoms with Crippen LogP contribution in [-0.2, 0) is 0 Å². The van der Waals surface area contributed by atoms with Crippen LogP contribution in [0.5, 0.6) is 0 Å². The normalized spacial score (nSPS) is 14.7. The van der Waals surface area contributed by atoms with E-state index in [4.69, 9.17) is 9.40 Å². The number of carbonyl (C=O) groups excluding carboxylic acids is 1. The van der Waals surface area contributed by atoms with E-state index in [0.717, 1.165) is 59.9 Å². The first-order valence-corrected chi connectivity index (χ1v) is 12.5. The second-order valence-corrected chi connectivity index (χ2v) is 10.0. The lowest BCUT2D eigenvalue weighted by Crippen LogP contribution is -2.44. The summed E-state index contributed by atoms with van der Waals surface area (Å²) in [4.78, 5) is 23.2. The molecule has 1 amide bonds. The van der Waals surface area contributed by atoms with Gasteiger partial charge in [-0.1, -0.05) is 0 Å². The number of likely N-dealkylation sites (N-methyl/N-ethyl adjacent to an activating group) is 1. The minimum absolute atomic E-state index is 0.109. The Balaban J connectivity index is 1.49. The van der Waals surface area contributed by atoms with Crippen LogP contribution in [-0.4, -0.2) is 58.8 Å². The maximum atomic E-state index is 13.6. The van der Waals surface area contributed by atoms with Gasteiger partial charge in [0.05, 0.1) is 22.8 Å². The van der Waals surface area contributed by atoms with E-state index in [1.165, 1.54) is 5.69 Å². The average molecular weight is 487 g/mol. The van der Waals surface area contributed by atoms with E-state index in [0.29, 0.717) is 16.9 Å². The lowest BCUT2D eigenvalue weighted by atomic mass is 10.1. The highest BCUT2D eigenvalue weighted by molar-refractivity contribution is 6.12. The van der Waals surface area contributed by atoms with Crippen LogP contribution in [0.2, 0.25) is 0 Å². The first-order valence-electron chi connectivity index (χ1n) is 12.5. The van der Waals surface area contributed by atoms with Crippen molar-refractivity contribution in [3.63, 3.8) is 0 Å². The molecule has 0 saturated carbocycles. The van der Waals surface area contributed by atoms with Gasteiger partial charge in [0.2, 0.25) is 0 Å². The summed E-state index contributed by atoms with van der Waals surface area (Å²) in [5.41, 5.74) is 5.95. The molecule has 5 rings (SSSR count). The number of benzene rings is 1. The van der Waals surface area contributed by atoms with Gasteiger partial charge in [-0.2, -0.15) is 5.10 Å². The number of amides is 1. The number of pyridine rings is 1. The standard InChI is InChI=1S/C28H34N6O2/c1-17(2)34-27-24(16-29-34)23(15-25(31-27)22-14-19(4)36-20(22)5)28(35)30-21-7-8-26(18(3)13-21)33-11-9-32(6)10-12-33/h7-8,13-17H,9-12H2,1-6H3,(H,30,35). The molecule has 1 aliphatic rings. The number of nitrogens with zero attached hydrogens (tertiary/aromatic N) is 5. The number of rotatable bonds is 5. The van der Waals surface area contributed by atoms with Gasteiger partial charge in [0.25, 0.3) is 5.91 Å². The minimum Gasteiger partial charge on any atom is -0.466 e. The van der Waals surface area contributed by atoms with Gasteiger partial charge in [-0.25, -0.2) is 9.67 Å². The van der Waals surface area contributed by atoms with Crippen molar-refractivity contribution in [2.75, 3.05) is 43.4 Å². The Hall–Kier alpha value is -3.65. The summed E-state index contributed by atoms with van der Waals surface area (Å²) in [6.07, 6.45) is 1.73. The predicted octanol–water partition coefficient (Wildman–Crippen LogP) is 5.20. The number of aryl methyl sites for hydroxylation is 3. The van der Waals surface area contributed by atoms with E-state index in [2.05, 4.69) is 54.1 Å². The van der Waals surface area contributed by atoms with Crippen molar-refractivity contribution in [1.29, 1.82) is 0 Å². The van der Waals surface area contributed by atoms with Crippen molar-refractivity contribution < 1.29 is 9.21 Å². The first-order chi connectivity index (χ1) is 17.2. The van der Waals surface area contributed by atoms with Gasteiger partial charge in [-0.3, -0.25) is 4.79 Å². The van der Waals surface area contributed by atoms with Crippen molar-refractivity contribution in [3.05, 3.63) is 59.2 Å². The van der Waals surface area contributed by atoms with Crippen molar-refractivity contribution >= 4 is 28.3 Å².